The van der Waals surface area contributed by atoms with Gasteiger partial charge in [0.15, 0.2) is 0 Å². The average molecular weight is 346 g/mol. The van der Waals surface area contributed by atoms with Gasteiger partial charge in [0, 0.05) is 17.3 Å². The smallest absolute Gasteiger partial charge is 0.262 e. The second-order valence-electron chi connectivity index (χ2n) is 7.67. The van der Waals surface area contributed by atoms with Crippen LogP contribution in [0.15, 0.2) is 60.2 Å². The van der Waals surface area contributed by atoms with Crippen LogP contribution in [0.3, 0.4) is 0 Å². The van der Waals surface area contributed by atoms with Gasteiger partial charge in [-0.15, -0.1) is 0 Å². The van der Waals surface area contributed by atoms with Crippen molar-refractivity contribution >= 4 is 17.3 Å². The van der Waals surface area contributed by atoms with Crippen LogP contribution in [0.25, 0.3) is 0 Å². The lowest BCUT2D eigenvalue weighted by atomic mass is 9.79. The highest BCUT2D eigenvalue weighted by atomic mass is 16.2. The topological polar surface area (TPSA) is 32.3 Å². The Hall–Kier alpha value is -2.55. The Morgan fingerprint density at radius 3 is 2.54 bits per heavy atom. The molecule has 0 saturated heterocycles. The summed E-state index contributed by atoms with van der Waals surface area (Å²) < 4.78 is 0. The molecule has 2 aliphatic rings. The van der Waals surface area contributed by atoms with Gasteiger partial charge >= 0.3 is 0 Å². The van der Waals surface area contributed by atoms with E-state index in [2.05, 4.69) is 44.3 Å². The van der Waals surface area contributed by atoms with Crippen molar-refractivity contribution in [2.75, 3.05) is 10.2 Å². The molecule has 1 aliphatic carbocycles. The van der Waals surface area contributed by atoms with Gasteiger partial charge in [0.2, 0.25) is 0 Å². The molecule has 1 aliphatic heterocycles. The van der Waals surface area contributed by atoms with E-state index in [0.717, 1.165) is 35.3 Å². The zero-order valence-electron chi connectivity index (χ0n) is 15.7. The summed E-state index contributed by atoms with van der Waals surface area (Å²) in [6.07, 6.45) is 4.54. The Labute approximate surface area is 155 Å². The molecule has 1 heterocycles. The summed E-state index contributed by atoms with van der Waals surface area (Å²) in [6, 6.07) is 16.0. The van der Waals surface area contributed by atoms with Gasteiger partial charge in [0.05, 0.1) is 5.56 Å². The predicted octanol–water partition coefficient (Wildman–Crippen LogP) is 5.39. The van der Waals surface area contributed by atoms with Gasteiger partial charge in [-0.05, 0) is 56.4 Å². The maximum atomic E-state index is 13.5. The molecule has 0 radical (unpaired) electrons. The highest BCUT2D eigenvalue weighted by molar-refractivity contribution is 6.12. The molecule has 2 aromatic rings. The van der Waals surface area contributed by atoms with Crippen molar-refractivity contribution < 1.29 is 4.79 Å². The second-order valence-corrected chi connectivity index (χ2v) is 7.67. The van der Waals surface area contributed by atoms with Crippen LogP contribution in [0, 0.1) is 18.8 Å². The van der Waals surface area contributed by atoms with Crippen LogP contribution in [0.4, 0.5) is 11.4 Å². The number of anilines is 2. The second kappa shape index (κ2) is 6.64. The maximum absolute atomic E-state index is 13.5. The normalized spacial score (nSPS) is 25.3. The number of allylic oxidation sites excluding steroid dienone is 2. The highest BCUT2D eigenvalue weighted by Crippen LogP contribution is 2.39. The van der Waals surface area contributed by atoms with E-state index in [-0.39, 0.29) is 12.1 Å². The van der Waals surface area contributed by atoms with Crippen molar-refractivity contribution in [2.45, 2.75) is 39.8 Å². The third kappa shape index (κ3) is 2.82. The molecule has 0 unspecified atom stereocenters. The minimum atomic E-state index is -0.0298. The Morgan fingerprint density at radius 1 is 1.04 bits per heavy atom. The molecule has 26 heavy (non-hydrogen) atoms. The number of nitrogens with zero attached hydrogens (tertiary/aromatic N) is 1. The molecule has 1 N–H and O–H groups in total. The highest BCUT2D eigenvalue weighted by Gasteiger charge is 2.40. The summed E-state index contributed by atoms with van der Waals surface area (Å²) in [5, 5.41) is 3.69. The van der Waals surface area contributed by atoms with Gasteiger partial charge in [0.1, 0.15) is 6.17 Å². The molecular weight excluding hydrogens is 320 g/mol. The molecule has 0 saturated carbocycles. The van der Waals surface area contributed by atoms with Crippen molar-refractivity contribution in [1.29, 1.82) is 0 Å². The molecule has 3 nitrogen and oxygen atoms in total. The Kier molecular flexibility index (Phi) is 4.31. The zero-order valence-corrected chi connectivity index (χ0v) is 15.7. The lowest BCUT2D eigenvalue weighted by Gasteiger charge is -2.45. The van der Waals surface area contributed by atoms with Gasteiger partial charge in [0.25, 0.3) is 5.91 Å². The Bertz CT molecular complexity index is 870. The van der Waals surface area contributed by atoms with Crippen LogP contribution in [-0.4, -0.2) is 12.1 Å². The van der Waals surface area contributed by atoms with Gasteiger partial charge in [-0.2, -0.15) is 0 Å². The molecule has 0 spiro atoms. The number of carbonyl (C=O) groups is 1. The van der Waals surface area contributed by atoms with E-state index in [9.17, 15) is 4.79 Å². The van der Waals surface area contributed by atoms with Crippen LogP contribution in [-0.2, 0) is 0 Å². The molecule has 2 aromatic carbocycles. The minimum Gasteiger partial charge on any atom is -0.364 e. The first-order valence-corrected chi connectivity index (χ1v) is 9.48. The fraction of sp³-hybridized carbons (Fsp3) is 0.348. The van der Waals surface area contributed by atoms with Crippen molar-refractivity contribution in [1.82, 2.24) is 0 Å². The summed E-state index contributed by atoms with van der Waals surface area (Å²) in [5.74, 6) is 0.915. The average Bonchev–Trinajstić information content (AvgIpc) is 2.63. The van der Waals surface area contributed by atoms with Crippen molar-refractivity contribution in [3.05, 3.63) is 71.3 Å². The van der Waals surface area contributed by atoms with E-state index >= 15 is 0 Å². The van der Waals surface area contributed by atoms with Crippen LogP contribution >= 0.6 is 0 Å². The number of carbonyl (C=O) groups excluding carboxylic acids is 1. The van der Waals surface area contributed by atoms with Gasteiger partial charge < -0.3 is 5.32 Å². The molecule has 134 valence electrons. The van der Waals surface area contributed by atoms with E-state index < -0.39 is 0 Å². The lowest BCUT2D eigenvalue weighted by molar-refractivity contribution is 0.0959. The monoisotopic (exact) mass is 346 g/mol. The molecule has 0 fully saturated rings. The van der Waals surface area contributed by atoms with Crippen LogP contribution < -0.4 is 10.2 Å². The first-order valence-electron chi connectivity index (χ1n) is 9.48. The quantitative estimate of drug-likeness (QED) is 0.740. The van der Waals surface area contributed by atoms with Gasteiger partial charge in [-0.1, -0.05) is 48.9 Å². The minimum absolute atomic E-state index is 0.0298. The van der Waals surface area contributed by atoms with E-state index in [1.54, 1.807) is 0 Å². The number of hydrogen-bond donors (Lipinski definition) is 1. The molecule has 1 amide bonds. The summed E-state index contributed by atoms with van der Waals surface area (Å²) in [5.41, 5.74) is 5.29. The molecule has 3 heteroatoms. The fourth-order valence-corrected chi connectivity index (χ4v) is 4.43. The number of benzene rings is 2. The van der Waals surface area contributed by atoms with Crippen LogP contribution in [0.2, 0.25) is 0 Å². The number of amides is 1. The standard InChI is InChI=1S/C23H26N2O/c1-15-12-13-18(17(3)14-15)22-24-20-10-6-5-9-19(20)23(26)25(22)21-11-7-4-8-16(21)2/h4-11,14,17-18,22,24H,12-13H2,1-3H3/t17-,18-,22+/m0/s1. The van der Waals surface area contributed by atoms with E-state index in [1.165, 1.54) is 5.57 Å². The van der Waals surface area contributed by atoms with Crippen molar-refractivity contribution in [2.24, 2.45) is 11.8 Å². The molecule has 0 bridgehead atoms. The summed E-state index contributed by atoms with van der Waals surface area (Å²) in [7, 11) is 0. The number of rotatable bonds is 2. The summed E-state index contributed by atoms with van der Waals surface area (Å²) in [6.45, 7) is 6.56. The third-order valence-electron chi connectivity index (χ3n) is 5.83. The molecule has 3 atom stereocenters. The molecular formula is C23H26N2O. The molecule has 4 rings (SSSR count). The van der Waals surface area contributed by atoms with Crippen molar-refractivity contribution in [3.63, 3.8) is 0 Å². The third-order valence-corrected chi connectivity index (χ3v) is 5.83. The summed E-state index contributed by atoms with van der Waals surface area (Å²) in [4.78, 5) is 15.5. The largest absolute Gasteiger partial charge is 0.364 e. The lowest BCUT2D eigenvalue weighted by Crippen LogP contribution is -2.54. The van der Waals surface area contributed by atoms with E-state index in [4.69, 9.17) is 0 Å². The maximum Gasteiger partial charge on any atom is 0.262 e. The van der Waals surface area contributed by atoms with Crippen LogP contribution in [0.5, 0.6) is 0 Å². The number of para-hydroxylation sites is 2. The van der Waals surface area contributed by atoms with E-state index in [1.807, 2.05) is 41.3 Å². The first-order chi connectivity index (χ1) is 12.6. The summed E-state index contributed by atoms with van der Waals surface area (Å²) >= 11 is 0. The van der Waals surface area contributed by atoms with E-state index in [0.29, 0.717) is 11.8 Å². The van der Waals surface area contributed by atoms with Crippen LogP contribution in [0.1, 0.15) is 42.6 Å². The number of hydrogen-bond acceptors (Lipinski definition) is 2. The fourth-order valence-electron chi connectivity index (χ4n) is 4.43. The SMILES string of the molecule is CC1=C[C@H](C)[C@@H]([C@@H]2Nc3ccccc3C(=O)N2c2ccccc2C)CC1. The first kappa shape index (κ1) is 16.9. The Balaban J connectivity index is 1.82. The van der Waals surface area contributed by atoms with Crippen molar-refractivity contribution in [3.8, 4) is 0 Å². The number of fused-ring (bicyclic) bond motifs is 1. The number of aryl methyl sites for hydroxylation is 1. The number of nitrogens with one attached hydrogen (secondary N) is 1. The molecule has 0 aromatic heterocycles. The predicted molar refractivity (Wildman–Crippen MR) is 107 cm³/mol. The van der Waals surface area contributed by atoms with Gasteiger partial charge in [-0.3, -0.25) is 9.69 Å². The zero-order chi connectivity index (χ0) is 18.3. The Morgan fingerprint density at radius 2 is 1.77 bits per heavy atom. The van der Waals surface area contributed by atoms with Gasteiger partial charge in [-0.25, -0.2) is 0 Å².